The molecule has 5 heteroatoms. The molecule has 0 spiro atoms. The molecule has 0 radical (unpaired) electrons. The number of rotatable bonds is 2. The van der Waals surface area contributed by atoms with Crippen LogP contribution in [0.5, 0.6) is 0 Å². The first kappa shape index (κ1) is 13.8. The van der Waals surface area contributed by atoms with E-state index < -0.39 is 11.7 Å². The molecule has 0 saturated heterocycles. The summed E-state index contributed by atoms with van der Waals surface area (Å²) in [4.78, 5) is 24.2. The van der Waals surface area contributed by atoms with Crippen LogP contribution in [0.4, 0.5) is 4.79 Å². The van der Waals surface area contributed by atoms with Crippen LogP contribution in [0.3, 0.4) is 0 Å². The smallest absolute Gasteiger partial charge is 0.419 e. The molecule has 0 fully saturated rings. The number of aromatic nitrogens is 1. The number of hydrogen-bond acceptors (Lipinski definition) is 4. The second-order valence-electron chi connectivity index (χ2n) is 5.52. The summed E-state index contributed by atoms with van der Waals surface area (Å²) in [5.41, 5.74) is 0.334. The van der Waals surface area contributed by atoms with Crippen molar-refractivity contribution in [2.75, 3.05) is 0 Å². The van der Waals surface area contributed by atoms with Crippen molar-refractivity contribution in [1.29, 1.82) is 0 Å². The van der Waals surface area contributed by atoms with E-state index in [4.69, 9.17) is 4.74 Å². The Labute approximate surface area is 116 Å². The molecule has 0 atom stereocenters. The van der Waals surface area contributed by atoms with E-state index in [0.717, 1.165) is 15.8 Å². The number of nitrogens with zero attached hydrogens (tertiary/aromatic N) is 1. The van der Waals surface area contributed by atoms with Gasteiger partial charge in [0.25, 0.3) is 0 Å². The zero-order valence-electron chi connectivity index (χ0n) is 11.5. The lowest BCUT2D eigenvalue weighted by Crippen LogP contribution is -2.26. The molecular formula is C14H17NO3S. The molecule has 0 bridgehead atoms. The van der Waals surface area contributed by atoms with Gasteiger partial charge in [-0.05, 0) is 44.7 Å². The zero-order chi connectivity index (χ0) is 14.2. The first-order valence-electron chi connectivity index (χ1n) is 6.08. The van der Waals surface area contributed by atoms with E-state index in [9.17, 15) is 9.59 Å². The van der Waals surface area contributed by atoms with Gasteiger partial charge >= 0.3 is 6.09 Å². The highest BCUT2D eigenvalue weighted by Gasteiger charge is 2.21. The predicted octanol–water partition coefficient (Wildman–Crippen LogP) is 3.62. The second-order valence-corrected chi connectivity index (χ2v) is 6.42. The molecule has 0 N–H and O–H groups in total. The van der Waals surface area contributed by atoms with Crippen molar-refractivity contribution in [3.05, 3.63) is 23.2 Å². The first-order chi connectivity index (χ1) is 8.78. The third kappa shape index (κ3) is 3.04. The topological polar surface area (TPSA) is 48.3 Å². The minimum Gasteiger partial charge on any atom is -0.443 e. The van der Waals surface area contributed by atoms with Crippen molar-refractivity contribution in [1.82, 2.24) is 4.57 Å². The van der Waals surface area contributed by atoms with Crippen LogP contribution in [0, 0.1) is 0 Å². The first-order valence-corrected chi connectivity index (χ1v) is 6.96. The lowest BCUT2D eigenvalue weighted by molar-refractivity contribution is -0.116. The summed E-state index contributed by atoms with van der Waals surface area (Å²) in [6.45, 7) is 7.03. The molecule has 0 unspecified atom stereocenters. The highest BCUT2D eigenvalue weighted by molar-refractivity contribution is 7.17. The Bertz CT molecular complexity index is 631. The fourth-order valence-electron chi connectivity index (χ4n) is 1.87. The molecule has 102 valence electrons. The fourth-order valence-corrected chi connectivity index (χ4v) is 2.77. The SMILES string of the molecule is CC(=O)Cc1cn(C(=O)OC(C)(C)C)c2sccc12. The van der Waals surface area contributed by atoms with Crippen molar-refractivity contribution in [3.63, 3.8) is 0 Å². The summed E-state index contributed by atoms with van der Waals surface area (Å²) in [6, 6.07) is 1.93. The molecule has 0 aliphatic rings. The van der Waals surface area contributed by atoms with Crippen molar-refractivity contribution in [2.45, 2.75) is 39.7 Å². The van der Waals surface area contributed by atoms with Crippen molar-refractivity contribution < 1.29 is 14.3 Å². The van der Waals surface area contributed by atoms with Crippen LogP contribution in [0.2, 0.25) is 0 Å². The average molecular weight is 279 g/mol. The van der Waals surface area contributed by atoms with Crippen LogP contribution < -0.4 is 0 Å². The normalized spacial score (nSPS) is 11.8. The van der Waals surface area contributed by atoms with E-state index >= 15 is 0 Å². The Morgan fingerprint density at radius 3 is 2.63 bits per heavy atom. The molecule has 0 aliphatic carbocycles. The van der Waals surface area contributed by atoms with Crippen LogP contribution in [0.1, 0.15) is 33.3 Å². The number of carbonyl (C=O) groups is 2. The van der Waals surface area contributed by atoms with Crippen LogP contribution >= 0.6 is 11.3 Å². The molecule has 0 amide bonds. The summed E-state index contributed by atoms with van der Waals surface area (Å²) in [5.74, 6) is 0.0782. The van der Waals surface area contributed by atoms with Crippen molar-refractivity contribution >= 4 is 33.4 Å². The van der Waals surface area contributed by atoms with E-state index in [1.54, 1.807) is 13.1 Å². The zero-order valence-corrected chi connectivity index (χ0v) is 12.3. The maximum Gasteiger partial charge on any atom is 0.419 e. The van der Waals surface area contributed by atoms with Gasteiger partial charge in [0.1, 0.15) is 16.2 Å². The van der Waals surface area contributed by atoms with E-state index in [1.807, 2.05) is 32.2 Å². The van der Waals surface area contributed by atoms with Gasteiger partial charge in [-0.25, -0.2) is 9.36 Å². The highest BCUT2D eigenvalue weighted by atomic mass is 32.1. The van der Waals surface area contributed by atoms with Crippen molar-refractivity contribution in [2.24, 2.45) is 0 Å². The van der Waals surface area contributed by atoms with Gasteiger partial charge in [0.2, 0.25) is 0 Å². The maximum atomic E-state index is 12.1. The number of thiophene rings is 1. The fraction of sp³-hybridized carbons (Fsp3) is 0.429. The molecule has 0 aliphatic heterocycles. The number of fused-ring (bicyclic) bond motifs is 1. The molecule has 2 rings (SSSR count). The van der Waals surface area contributed by atoms with Gasteiger partial charge in [-0.3, -0.25) is 4.79 Å². The van der Waals surface area contributed by atoms with Gasteiger partial charge in [-0.15, -0.1) is 11.3 Å². The minimum atomic E-state index is -0.536. The number of Topliss-reactive ketones (excluding diaryl/α,β-unsaturated/α-hetero) is 1. The average Bonchev–Trinajstić information content (AvgIpc) is 2.77. The van der Waals surface area contributed by atoms with Gasteiger partial charge in [0.05, 0.1) is 0 Å². The minimum absolute atomic E-state index is 0.0782. The van der Waals surface area contributed by atoms with Gasteiger partial charge in [-0.1, -0.05) is 0 Å². The molecule has 2 heterocycles. The van der Waals surface area contributed by atoms with E-state index in [-0.39, 0.29) is 5.78 Å². The lowest BCUT2D eigenvalue weighted by Gasteiger charge is -2.19. The summed E-state index contributed by atoms with van der Waals surface area (Å²) in [7, 11) is 0. The highest BCUT2D eigenvalue weighted by Crippen LogP contribution is 2.28. The van der Waals surface area contributed by atoms with Gasteiger partial charge in [0, 0.05) is 18.0 Å². The summed E-state index contributed by atoms with van der Waals surface area (Å²) in [6.07, 6.45) is 1.63. The summed E-state index contributed by atoms with van der Waals surface area (Å²) in [5, 5.41) is 2.86. The molecule has 2 aromatic rings. The van der Waals surface area contributed by atoms with Gasteiger partial charge < -0.3 is 4.74 Å². The van der Waals surface area contributed by atoms with Gasteiger partial charge in [-0.2, -0.15) is 0 Å². The Morgan fingerprint density at radius 2 is 2.05 bits per heavy atom. The third-order valence-electron chi connectivity index (χ3n) is 2.52. The Hall–Kier alpha value is -1.62. The molecule has 0 saturated carbocycles. The quantitative estimate of drug-likeness (QED) is 0.843. The van der Waals surface area contributed by atoms with Crippen LogP contribution in [0.25, 0.3) is 10.2 Å². The standard InChI is InChI=1S/C14H17NO3S/c1-9(16)7-10-8-15(12-11(10)5-6-19-12)13(17)18-14(2,3)4/h5-6,8H,7H2,1-4H3. The monoisotopic (exact) mass is 279 g/mol. The number of carbonyl (C=O) groups excluding carboxylic acids is 2. The molecule has 2 aromatic heterocycles. The molecular weight excluding hydrogens is 262 g/mol. The van der Waals surface area contributed by atoms with E-state index in [0.29, 0.717) is 6.42 Å². The van der Waals surface area contributed by atoms with Crippen molar-refractivity contribution in [3.8, 4) is 0 Å². The van der Waals surface area contributed by atoms with E-state index in [2.05, 4.69) is 0 Å². The Kier molecular flexibility index (Phi) is 3.49. The van der Waals surface area contributed by atoms with Gasteiger partial charge in [0.15, 0.2) is 0 Å². The Morgan fingerprint density at radius 1 is 1.37 bits per heavy atom. The summed E-state index contributed by atoms with van der Waals surface area (Å²) >= 11 is 1.47. The van der Waals surface area contributed by atoms with Crippen LogP contribution in [0.15, 0.2) is 17.6 Å². The molecule has 4 nitrogen and oxygen atoms in total. The lowest BCUT2D eigenvalue weighted by atomic mass is 10.1. The molecule has 19 heavy (non-hydrogen) atoms. The summed E-state index contributed by atoms with van der Waals surface area (Å²) < 4.78 is 6.85. The number of hydrogen-bond donors (Lipinski definition) is 0. The number of ether oxygens (including phenoxy) is 1. The van der Waals surface area contributed by atoms with Crippen LogP contribution in [-0.2, 0) is 16.0 Å². The maximum absolute atomic E-state index is 12.1. The third-order valence-corrected chi connectivity index (χ3v) is 3.44. The second kappa shape index (κ2) is 4.81. The molecule has 0 aromatic carbocycles. The predicted molar refractivity (Wildman–Crippen MR) is 75.8 cm³/mol. The Balaban J connectivity index is 2.41. The number of ketones is 1. The van der Waals surface area contributed by atoms with Crippen LogP contribution in [-0.4, -0.2) is 22.0 Å². The largest absolute Gasteiger partial charge is 0.443 e. The van der Waals surface area contributed by atoms with E-state index in [1.165, 1.54) is 15.9 Å².